The number of rotatable bonds is 6. The molecule has 3 nitrogen and oxygen atoms in total. The van der Waals surface area contributed by atoms with Crippen LogP contribution in [0.4, 0.5) is 0 Å². The van der Waals surface area contributed by atoms with Gasteiger partial charge in [0.25, 0.3) is 5.91 Å². The molecule has 0 spiro atoms. The fraction of sp³-hybridized carbons (Fsp3) is 0.462. The Balaban J connectivity index is 2.36. The molecule has 0 radical (unpaired) electrons. The van der Waals surface area contributed by atoms with Crippen molar-refractivity contribution in [2.75, 3.05) is 13.2 Å². The lowest BCUT2D eigenvalue weighted by molar-refractivity contribution is -0.123. The van der Waals surface area contributed by atoms with E-state index in [2.05, 4.69) is 19.2 Å². The van der Waals surface area contributed by atoms with Gasteiger partial charge in [-0.25, -0.2) is 0 Å². The highest BCUT2D eigenvalue weighted by Crippen LogP contribution is 2.27. The number of benzene rings is 1. The zero-order valence-electron chi connectivity index (χ0n) is 10.5. The molecule has 0 aliphatic carbocycles. The molecular weight excluding hydrogens is 273 g/mol. The Kier molecular flexibility index (Phi) is 6.30. The van der Waals surface area contributed by atoms with Gasteiger partial charge in [0, 0.05) is 17.6 Å². The Hall–Kier alpha value is -0.930. The first-order chi connectivity index (χ1) is 8.49. The molecule has 0 atom stereocenters. The van der Waals surface area contributed by atoms with Gasteiger partial charge in [0.1, 0.15) is 5.75 Å². The number of carbonyl (C=O) groups is 1. The highest BCUT2D eigenvalue weighted by atomic mass is 35.5. The summed E-state index contributed by atoms with van der Waals surface area (Å²) in [6.07, 6.45) is 0.948. The van der Waals surface area contributed by atoms with Crippen molar-refractivity contribution in [2.45, 2.75) is 20.3 Å². The third-order valence-electron chi connectivity index (χ3n) is 2.30. The highest BCUT2D eigenvalue weighted by Gasteiger charge is 2.06. The molecule has 1 N–H and O–H groups in total. The maximum Gasteiger partial charge on any atom is 0.257 e. The van der Waals surface area contributed by atoms with Crippen LogP contribution < -0.4 is 10.1 Å². The second-order valence-electron chi connectivity index (χ2n) is 4.40. The van der Waals surface area contributed by atoms with Gasteiger partial charge >= 0.3 is 0 Å². The summed E-state index contributed by atoms with van der Waals surface area (Å²) >= 11 is 11.7. The third-order valence-corrected chi connectivity index (χ3v) is 2.84. The van der Waals surface area contributed by atoms with Gasteiger partial charge in [-0.3, -0.25) is 4.79 Å². The van der Waals surface area contributed by atoms with Gasteiger partial charge in [-0.2, -0.15) is 0 Å². The first-order valence-electron chi connectivity index (χ1n) is 5.83. The number of amides is 1. The van der Waals surface area contributed by atoms with Gasteiger partial charge < -0.3 is 10.1 Å². The van der Waals surface area contributed by atoms with Crippen LogP contribution in [-0.4, -0.2) is 19.1 Å². The molecule has 0 saturated carbocycles. The smallest absolute Gasteiger partial charge is 0.257 e. The van der Waals surface area contributed by atoms with Gasteiger partial charge in [0.2, 0.25) is 0 Å². The largest absolute Gasteiger partial charge is 0.482 e. The molecule has 1 aromatic carbocycles. The van der Waals surface area contributed by atoms with Crippen LogP contribution in [0.25, 0.3) is 0 Å². The van der Waals surface area contributed by atoms with E-state index in [0.717, 1.165) is 6.42 Å². The first-order valence-corrected chi connectivity index (χ1v) is 6.59. The Morgan fingerprint density at radius 2 is 2.11 bits per heavy atom. The molecule has 0 aliphatic rings. The lowest BCUT2D eigenvalue weighted by Crippen LogP contribution is -2.30. The minimum Gasteiger partial charge on any atom is -0.482 e. The fourth-order valence-electron chi connectivity index (χ4n) is 1.28. The van der Waals surface area contributed by atoms with Crippen molar-refractivity contribution in [1.29, 1.82) is 0 Å². The predicted molar refractivity (Wildman–Crippen MR) is 74.4 cm³/mol. The quantitative estimate of drug-likeness (QED) is 0.870. The molecule has 0 saturated heterocycles. The van der Waals surface area contributed by atoms with E-state index in [9.17, 15) is 4.79 Å². The summed E-state index contributed by atoms with van der Waals surface area (Å²) in [5, 5.41) is 3.74. The number of halogens is 2. The molecule has 100 valence electrons. The molecule has 18 heavy (non-hydrogen) atoms. The number of nitrogens with one attached hydrogen (secondary N) is 1. The third kappa shape index (κ3) is 5.61. The topological polar surface area (TPSA) is 38.3 Å². The molecule has 0 unspecified atom stereocenters. The van der Waals surface area contributed by atoms with Crippen molar-refractivity contribution in [1.82, 2.24) is 5.32 Å². The standard InChI is InChI=1S/C13H17Cl2NO2/c1-9(2)5-6-16-13(17)8-18-12-7-10(14)3-4-11(12)15/h3-4,7,9H,5-6,8H2,1-2H3,(H,16,17). The molecule has 0 heterocycles. The normalized spacial score (nSPS) is 10.5. The molecule has 1 rings (SSSR count). The van der Waals surface area contributed by atoms with Crippen LogP contribution in [0.15, 0.2) is 18.2 Å². The van der Waals surface area contributed by atoms with Gasteiger partial charge in [-0.1, -0.05) is 37.0 Å². The van der Waals surface area contributed by atoms with Gasteiger partial charge in [-0.05, 0) is 24.5 Å². The maximum absolute atomic E-state index is 11.5. The second-order valence-corrected chi connectivity index (χ2v) is 5.24. The summed E-state index contributed by atoms with van der Waals surface area (Å²) in [5.74, 6) is 0.823. The Bertz CT molecular complexity index is 408. The highest BCUT2D eigenvalue weighted by molar-refractivity contribution is 6.34. The SMILES string of the molecule is CC(C)CCNC(=O)COc1cc(Cl)ccc1Cl. The predicted octanol–water partition coefficient (Wildman–Crippen LogP) is 3.53. The van der Waals surface area contributed by atoms with E-state index in [0.29, 0.717) is 28.3 Å². The monoisotopic (exact) mass is 289 g/mol. The van der Waals surface area contributed by atoms with Crippen LogP contribution in [0.2, 0.25) is 10.0 Å². The first kappa shape index (κ1) is 15.1. The van der Waals surface area contributed by atoms with E-state index in [1.54, 1.807) is 18.2 Å². The lowest BCUT2D eigenvalue weighted by atomic mass is 10.1. The van der Waals surface area contributed by atoms with E-state index in [1.807, 2.05) is 0 Å². The van der Waals surface area contributed by atoms with Crippen LogP contribution >= 0.6 is 23.2 Å². The summed E-state index contributed by atoms with van der Waals surface area (Å²) in [5.41, 5.74) is 0. The molecule has 0 fully saturated rings. The number of hydrogen-bond donors (Lipinski definition) is 1. The van der Waals surface area contributed by atoms with E-state index in [-0.39, 0.29) is 12.5 Å². The Morgan fingerprint density at radius 3 is 2.78 bits per heavy atom. The minimum absolute atomic E-state index is 0.0574. The number of hydrogen-bond acceptors (Lipinski definition) is 2. The van der Waals surface area contributed by atoms with Crippen molar-refractivity contribution >= 4 is 29.1 Å². The van der Waals surface area contributed by atoms with Crippen LogP contribution in [-0.2, 0) is 4.79 Å². The fourth-order valence-corrected chi connectivity index (χ4v) is 1.62. The van der Waals surface area contributed by atoms with Crippen molar-refractivity contribution < 1.29 is 9.53 Å². The van der Waals surface area contributed by atoms with E-state index < -0.39 is 0 Å². The van der Waals surface area contributed by atoms with Crippen molar-refractivity contribution in [3.8, 4) is 5.75 Å². The van der Waals surface area contributed by atoms with Gasteiger partial charge in [0.15, 0.2) is 6.61 Å². The van der Waals surface area contributed by atoms with Crippen molar-refractivity contribution in [3.63, 3.8) is 0 Å². The van der Waals surface area contributed by atoms with Crippen molar-refractivity contribution in [3.05, 3.63) is 28.2 Å². The summed E-state index contributed by atoms with van der Waals surface area (Å²) < 4.78 is 5.31. The van der Waals surface area contributed by atoms with Crippen molar-refractivity contribution in [2.24, 2.45) is 5.92 Å². The van der Waals surface area contributed by atoms with E-state index in [4.69, 9.17) is 27.9 Å². The molecule has 1 aromatic rings. The average Bonchev–Trinajstić information content (AvgIpc) is 2.30. The van der Waals surface area contributed by atoms with Crippen LogP contribution in [0.3, 0.4) is 0 Å². The average molecular weight is 290 g/mol. The maximum atomic E-state index is 11.5. The molecule has 5 heteroatoms. The summed E-state index contributed by atoms with van der Waals surface area (Å²) in [6.45, 7) is 4.81. The van der Waals surface area contributed by atoms with E-state index >= 15 is 0 Å². The molecular formula is C13H17Cl2NO2. The minimum atomic E-state index is -0.160. The Labute approximate surface area is 117 Å². The van der Waals surface area contributed by atoms with Gasteiger partial charge in [0.05, 0.1) is 5.02 Å². The van der Waals surface area contributed by atoms with E-state index in [1.165, 1.54) is 0 Å². The van der Waals surface area contributed by atoms with Gasteiger partial charge in [-0.15, -0.1) is 0 Å². The number of ether oxygens (including phenoxy) is 1. The summed E-state index contributed by atoms with van der Waals surface area (Å²) in [4.78, 5) is 11.5. The molecule has 0 aromatic heterocycles. The molecule has 1 amide bonds. The zero-order valence-corrected chi connectivity index (χ0v) is 12.0. The Morgan fingerprint density at radius 1 is 1.39 bits per heavy atom. The molecule has 0 bridgehead atoms. The second kappa shape index (κ2) is 7.49. The van der Waals surface area contributed by atoms with Crippen LogP contribution in [0, 0.1) is 5.92 Å². The van der Waals surface area contributed by atoms with Crippen LogP contribution in [0.1, 0.15) is 20.3 Å². The number of carbonyl (C=O) groups excluding carboxylic acids is 1. The summed E-state index contributed by atoms with van der Waals surface area (Å²) in [7, 11) is 0. The molecule has 0 aliphatic heterocycles. The van der Waals surface area contributed by atoms with Crippen LogP contribution in [0.5, 0.6) is 5.75 Å². The summed E-state index contributed by atoms with van der Waals surface area (Å²) in [6, 6.07) is 4.89. The zero-order chi connectivity index (χ0) is 13.5. The lowest BCUT2D eigenvalue weighted by Gasteiger charge is -2.09.